The first kappa shape index (κ1) is 19.2. The first-order valence-corrected chi connectivity index (χ1v) is 9.70. The third kappa shape index (κ3) is 4.46. The lowest BCUT2D eigenvalue weighted by Gasteiger charge is -2.10. The van der Waals surface area contributed by atoms with E-state index in [4.69, 9.17) is 16.6 Å². The summed E-state index contributed by atoms with van der Waals surface area (Å²) in [6.45, 7) is 1.02. The number of aromatic nitrogens is 2. The van der Waals surface area contributed by atoms with E-state index in [9.17, 15) is 9.18 Å². The third-order valence-electron chi connectivity index (χ3n) is 4.71. The van der Waals surface area contributed by atoms with Gasteiger partial charge >= 0.3 is 0 Å². The molecule has 0 aliphatic rings. The summed E-state index contributed by atoms with van der Waals surface area (Å²) in [5, 5.41) is 3.44. The van der Waals surface area contributed by atoms with E-state index in [2.05, 4.69) is 9.88 Å². The molecule has 1 N–H and O–H groups in total. The number of benzene rings is 3. The van der Waals surface area contributed by atoms with E-state index in [1.54, 1.807) is 36.4 Å². The van der Waals surface area contributed by atoms with E-state index in [0.717, 1.165) is 22.4 Å². The van der Waals surface area contributed by atoms with Gasteiger partial charge < -0.3 is 9.88 Å². The quantitative estimate of drug-likeness (QED) is 0.496. The molecule has 0 atom stereocenters. The van der Waals surface area contributed by atoms with Crippen LogP contribution in [0.15, 0.2) is 72.8 Å². The minimum absolute atomic E-state index is 0.173. The fraction of sp³-hybridized carbons (Fsp3) is 0.130. The highest BCUT2D eigenvalue weighted by molar-refractivity contribution is 6.30. The van der Waals surface area contributed by atoms with Gasteiger partial charge in [-0.05, 0) is 48.0 Å². The van der Waals surface area contributed by atoms with Crippen LogP contribution in [0.25, 0.3) is 11.0 Å². The molecule has 4 rings (SSSR count). The number of fused-ring (bicyclic) bond motifs is 1. The van der Waals surface area contributed by atoms with Gasteiger partial charge in [-0.2, -0.15) is 0 Å². The van der Waals surface area contributed by atoms with Crippen LogP contribution in [0.3, 0.4) is 0 Å². The monoisotopic (exact) mass is 407 g/mol. The number of hydrogen-bond donors (Lipinski definition) is 1. The molecule has 0 spiro atoms. The van der Waals surface area contributed by atoms with Crippen molar-refractivity contribution in [2.45, 2.75) is 13.0 Å². The standard InChI is InChI=1S/C23H19ClFN3O/c24-18-5-3-4-17(14-18)23(29)26-13-12-22-27-20-6-1-2-7-21(20)28(22)15-16-8-10-19(25)11-9-16/h1-11,14H,12-13,15H2,(H,26,29). The zero-order chi connectivity index (χ0) is 20.2. The average molecular weight is 408 g/mol. The maximum Gasteiger partial charge on any atom is 0.251 e. The molecule has 0 radical (unpaired) electrons. The lowest BCUT2D eigenvalue weighted by molar-refractivity contribution is 0.0954. The van der Waals surface area contributed by atoms with E-state index in [-0.39, 0.29) is 11.7 Å². The highest BCUT2D eigenvalue weighted by Gasteiger charge is 2.12. The van der Waals surface area contributed by atoms with Crippen LogP contribution in [0.2, 0.25) is 5.02 Å². The zero-order valence-corrected chi connectivity index (χ0v) is 16.4. The average Bonchev–Trinajstić information content (AvgIpc) is 3.07. The number of carbonyl (C=O) groups is 1. The second-order valence-corrected chi connectivity index (χ2v) is 7.18. The molecular weight excluding hydrogens is 389 g/mol. The van der Waals surface area contributed by atoms with Gasteiger partial charge in [-0.3, -0.25) is 4.79 Å². The molecule has 3 aromatic carbocycles. The van der Waals surface area contributed by atoms with Crippen LogP contribution in [0.1, 0.15) is 21.7 Å². The fourth-order valence-corrected chi connectivity index (χ4v) is 3.47. The summed E-state index contributed by atoms with van der Waals surface area (Å²) < 4.78 is 15.3. The summed E-state index contributed by atoms with van der Waals surface area (Å²) in [5.41, 5.74) is 3.41. The molecule has 0 fully saturated rings. The molecular formula is C23H19ClFN3O. The van der Waals surface area contributed by atoms with Crippen LogP contribution in [-0.4, -0.2) is 22.0 Å². The molecule has 0 bridgehead atoms. The molecule has 0 saturated carbocycles. The Morgan fingerprint density at radius 1 is 1.03 bits per heavy atom. The molecule has 146 valence electrons. The number of nitrogens with zero attached hydrogens (tertiary/aromatic N) is 2. The summed E-state index contributed by atoms with van der Waals surface area (Å²) in [4.78, 5) is 17.1. The van der Waals surface area contributed by atoms with Crippen molar-refractivity contribution in [1.82, 2.24) is 14.9 Å². The highest BCUT2D eigenvalue weighted by atomic mass is 35.5. The maximum atomic E-state index is 13.2. The van der Waals surface area contributed by atoms with Crippen molar-refractivity contribution in [2.75, 3.05) is 6.54 Å². The summed E-state index contributed by atoms with van der Waals surface area (Å²) in [6, 6.07) is 21.2. The van der Waals surface area contributed by atoms with Crippen molar-refractivity contribution in [1.29, 1.82) is 0 Å². The Morgan fingerprint density at radius 2 is 1.83 bits per heavy atom. The van der Waals surface area contributed by atoms with Crippen LogP contribution in [0.4, 0.5) is 4.39 Å². The fourth-order valence-electron chi connectivity index (χ4n) is 3.28. The SMILES string of the molecule is O=C(NCCc1nc2ccccc2n1Cc1ccc(F)cc1)c1cccc(Cl)c1. The summed E-state index contributed by atoms with van der Waals surface area (Å²) in [7, 11) is 0. The van der Waals surface area contributed by atoms with Crippen molar-refractivity contribution in [3.05, 3.63) is 101 Å². The predicted octanol–water partition coefficient (Wildman–Crippen LogP) is 4.85. The summed E-state index contributed by atoms with van der Waals surface area (Å²) in [6.07, 6.45) is 0.572. The minimum atomic E-state index is -0.256. The van der Waals surface area contributed by atoms with Gasteiger partial charge in [0.05, 0.1) is 11.0 Å². The van der Waals surface area contributed by atoms with Gasteiger partial charge in [0.2, 0.25) is 0 Å². The number of amides is 1. The number of carbonyl (C=O) groups excluding carboxylic acids is 1. The molecule has 0 aliphatic carbocycles. The van der Waals surface area contributed by atoms with E-state index in [1.165, 1.54) is 12.1 Å². The number of rotatable bonds is 6. The maximum absolute atomic E-state index is 13.2. The van der Waals surface area contributed by atoms with Gasteiger partial charge in [-0.25, -0.2) is 9.37 Å². The zero-order valence-electron chi connectivity index (χ0n) is 15.6. The van der Waals surface area contributed by atoms with Crippen LogP contribution >= 0.6 is 11.6 Å². The second-order valence-electron chi connectivity index (χ2n) is 6.75. The molecule has 4 nitrogen and oxygen atoms in total. The van der Waals surface area contributed by atoms with Crippen molar-refractivity contribution in [2.24, 2.45) is 0 Å². The van der Waals surface area contributed by atoms with Gasteiger partial charge in [-0.1, -0.05) is 41.9 Å². The molecule has 0 aliphatic heterocycles. The predicted molar refractivity (Wildman–Crippen MR) is 113 cm³/mol. The lowest BCUT2D eigenvalue weighted by Crippen LogP contribution is -2.26. The molecule has 6 heteroatoms. The Hall–Kier alpha value is -3.18. The Labute approximate surface area is 173 Å². The Morgan fingerprint density at radius 3 is 2.62 bits per heavy atom. The smallest absolute Gasteiger partial charge is 0.251 e. The topological polar surface area (TPSA) is 46.9 Å². The molecule has 4 aromatic rings. The van der Waals surface area contributed by atoms with Crippen LogP contribution in [-0.2, 0) is 13.0 Å². The van der Waals surface area contributed by atoms with Crippen molar-refractivity contribution in [3.63, 3.8) is 0 Å². The van der Waals surface area contributed by atoms with Gasteiger partial charge in [0, 0.05) is 30.1 Å². The first-order chi connectivity index (χ1) is 14.1. The molecule has 1 amide bonds. The number of halogens is 2. The first-order valence-electron chi connectivity index (χ1n) is 9.32. The van der Waals surface area contributed by atoms with Gasteiger partial charge in [0.25, 0.3) is 5.91 Å². The van der Waals surface area contributed by atoms with E-state index in [0.29, 0.717) is 30.1 Å². The summed E-state index contributed by atoms with van der Waals surface area (Å²) in [5.74, 6) is 0.434. The molecule has 1 heterocycles. The number of hydrogen-bond acceptors (Lipinski definition) is 2. The Kier molecular flexibility index (Phi) is 5.58. The molecule has 0 saturated heterocycles. The van der Waals surface area contributed by atoms with E-state index in [1.807, 2.05) is 24.3 Å². The second kappa shape index (κ2) is 8.45. The molecule has 1 aromatic heterocycles. The van der Waals surface area contributed by atoms with Crippen molar-refractivity contribution in [3.8, 4) is 0 Å². The summed E-state index contributed by atoms with van der Waals surface area (Å²) >= 11 is 5.95. The van der Waals surface area contributed by atoms with Gasteiger partial charge in [-0.15, -0.1) is 0 Å². The Bertz CT molecular complexity index is 1150. The van der Waals surface area contributed by atoms with Crippen molar-refractivity contribution >= 4 is 28.5 Å². The van der Waals surface area contributed by atoms with Crippen LogP contribution in [0.5, 0.6) is 0 Å². The van der Waals surface area contributed by atoms with Crippen molar-refractivity contribution < 1.29 is 9.18 Å². The number of nitrogens with one attached hydrogen (secondary N) is 1. The third-order valence-corrected chi connectivity index (χ3v) is 4.94. The Balaban J connectivity index is 1.52. The number of imidazole rings is 1. The van der Waals surface area contributed by atoms with Gasteiger partial charge in [0.1, 0.15) is 11.6 Å². The van der Waals surface area contributed by atoms with E-state index < -0.39 is 0 Å². The largest absolute Gasteiger partial charge is 0.352 e. The number of para-hydroxylation sites is 2. The van der Waals surface area contributed by atoms with Gasteiger partial charge in [0.15, 0.2) is 0 Å². The van der Waals surface area contributed by atoms with E-state index >= 15 is 0 Å². The normalized spacial score (nSPS) is 11.0. The van der Waals surface area contributed by atoms with Crippen LogP contribution < -0.4 is 5.32 Å². The minimum Gasteiger partial charge on any atom is -0.352 e. The highest BCUT2D eigenvalue weighted by Crippen LogP contribution is 2.19. The lowest BCUT2D eigenvalue weighted by atomic mass is 10.2. The molecule has 29 heavy (non-hydrogen) atoms. The molecule has 0 unspecified atom stereocenters. The van der Waals surface area contributed by atoms with Crippen LogP contribution in [0, 0.1) is 5.82 Å².